The predicted octanol–water partition coefficient (Wildman–Crippen LogP) is 2.50. The average molecular weight is 285 g/mol. The van der Waals surface area contributed by atoms with E-state index < -0.39 is 0 Å². The number of phenols is 1. The molecule has 4 heteroatoms. The highest BCUT2D eigenvalue weighted by Gasteiger charge is 2.48. The van der Waals surface area contributed by atoms with E-state index in [0.29, 0.717) is 11.8 Å². The molecule has 3 atom stereocenters. The minimum atomic E-state index is -0.389. The zero-order valence-electron chi connectivity index (χ0n) is 12.2. The Morgan fingerprint density at radius 1 is 1.29 bits per heavy atom. The fraction of sp³-hybridized carbons (Fsp3) is 0.412. The van der Waals surface area contributed by atoms with Gasteiger partial charge in [0.2, 0.25) is 0 Å². The summed E-state index contributed by atoms with van der Waals surface area (Å²) in [5, 5.41) is 20.2. The minimum Gasteiger partial charge on any atom is -0.508 e. The number of likely N-dealkylation sites (N-methyl/N-ethyl adjacent to an activating group) is 1. The predicted molar refractivity (Wildman–Crippen MR) is 79.9 cm³/mol. The Bertz CT molecular complexity index is 677. The Morgan fingerprint density at radius 2 is 2.10 bits per heavy atom. The molecule has 0 saturated carbocycles. The van der Waals surface area contributed by atoms with Crippen LogP contribution in [0.1, 0.15) is 24.0 Å². The number of ether oxygens (including phenoxy) is 1. The molecule has 1 aromatic carbocycles. The van der Waals surface area contributed by atoms with E-state index in [4.69, 9.17) is 4.74 Å². The van der Waals surface area contributed by atoms with Crippen molar-refractivity contribution < 1.29 is 14.9 Å². The summed E-state index contributed by atoms with van der Waals surface area (Å²) in [5.41, 5.74) is 3.55. The smallest absolute Gasteiger partial charge is 0.166 e. The van der Waals surface area contributed by atoms with Crippen LogP contribution in [0, 0.1) is 0 Å². The first-order valence-corrected chi connectivity index (χ1v) is 7.44. The fourth-order valence-electron chi connectivity index (χ4n) is 3.85. The van der Waals surface area contributed by atoms with Gasteiger partial charge in [-0.1, -0.05) is 19.1 Å². The van der Waals surface area contributed by atoms with Crippen molar-refractivity contribution in [2.75, 3.05) is 13.6 Å². The highest BCUT2D eigenvalue weighted by Crippen LogP contribution is 2.55. The SMILES string of the molecule is CCN(C)C1Cc2ccc(O)c3c2C2C1=CC=C(O)C2O3. The molecule has 110 valence electrons. The van der Waals surface area contributed by atoms with Crippen molar-refractivity contribution in [2.45, 2.75) is 31.4 Å². The number of phenolic OH excluding ortho intramolecular Hbond substituents is 1. The van der Waals surface area contributed by atoms with Crippen LogP contribution in [0.2, 0.25) is 0 Å². The Labute approximate surface area is 124 Å². The van der Waals surface area contributed by atoms with Crippen LogP contribution < -0.4 is 4.74 Å². The van der Waals surface area contributed by atoms with Crippen LogP contribution in [0.5, 0.6) is 11.5 Å². The number of aromatic hydroxyl groups is 1. The third-order valence-electron chi connectivity index (χ3n) is 5.05. The lowest BCUT2D eigenvalue weighted by Crippen LogP contribution is -2.42. The van der Waals surface area contributed by atoms with Gasteiger partial charge in [-0.25, -0.2) is 0 Å². The molecule has 1 aliphatic heterocycles. The lowest BCUT2D eigenvalue weighted by molar-refractivity contribution is 0.168. The zero-order chi connectivity index (χ0) is 14.7. The third kappa shape index (κ3) is 1.59. The summed E-state index contributed by atoms with van der Waals surface area (Å²) in [4.78, 5) is 2.33. The van der Waals surface area contributed by atoms with E-state index in [1.807, 2.05) is 12.1 Å². The summed E-state index contributed by atoms with van der Waals surface area (Å²) in [6.45, 7) is 3.12. The molecule has 0 spiro atoms. The van der Waals surface area contributed by atoms with Crippen molar-refractivity contribution in [1.29, 1.82) is 0 Å². The number of benzene rings is 1. The first-order chi connectivity index (χ1) is 10.1. The maximum Gasteiger partial charge on any atom is 0.166 e. The number of allylic oxidation sites excluding steroid dienone is 2. The van der Waals surface area contributed by atoms with E-state index in [9.17, 15) is 10.2 Å². The first kappa shape index (κ1) is 12.8. The summed E-state index contributed by atoms with van der Waals surface area (Å²) in [5.74, 6) is 0.982. The molecule has 0 aromatic heterocycles. The van der Waals surface area contributed by atoms with E-state index in [1.165, 1.54) is 11.1 Å². The number of aliphatic hydroxyl groups is 1. The number of nitrogens with zero attached hydrogens (tertiary/aromatic N) is 1. The van der Waals surface area contributed by atoms with E-state index >= 15 is 0 Å². The fourth-order valence-corrected chi connectivity index (χ4v) is 3.85. The van der Waals surface area contributed by atoms with Gasteiger partial charge in [-0.05, 0) is 43.3 Å². The van der Waals surface area contributed by atoms with Crippen molar-refractivity contribution in [3.8, 4) is 11.5 Å². The van der Waals surface area contributed by atoms with Crippen LogP contribution in [0.25, 0.3) is 0 Å². The molecule has 0 bridgehead atoms. The van der Waals surface area contributed by atoms with Crippen LogP contribution in [-0.4, -0.2) is 40.9 Å². The van der Waals surface area contributed by atoms with Crippen LogP contribution in [0.15, 0.2) is 35.6 Å². The maximum absolute atomic E-state index is 10.2. The molecule has 1 heterocycles. The minimum absolute atomic E-state index is 0.0276. The van der Waals surface area contributed by atoms with Crippen molar-refractivity contribution in [1.82, 2.24) is 4.90 Å². The second kappa shape index (κ2) is 4.28. The van der Waals surface area contributed by atoms with Gasteiger partial charge in [0.15, 0.2) is 17.6 Å². The van der Waals surface area contributed by atoms with Gasteiger partial charge in [-0.15, -0.1) is 0 Å². The van der Waals surface area contributed by atoms with Crippen LogP contribution >= 0.6 is 0 Å². The second-order valence-corrected chi connectivity index (χ2v) is 6.05. The molecule has 2 aliphatic carbocycles. The van der Waals surface area contributed by atoms with Gasteiger partial charge in [-0.3, -0.25) is 4.90 Å². The lowest BCUT2D eigenvalue weighted by Gasteiger charge is -2.39. The first-order valence-electron chi connectivity index (χ1n) is 7.44. The highest BCUT2D eigenvalue weighted by atomic mass is 16.5. The largest absolute Gasteiger partial charge is 0.508 e. The molecule has 4 nitrogen and oxygen atoms in total. The number of rotatable bonds is 2. The van der Waals surface area contributed by atoms with Gasteiger partial charge in [0, 0.05) is 11.6 Å². The molecule has 1 aromatic rings. The van der Waals surface area contributed by atoms with Crippen LogP contribution in [0.3, 0.4) is 0 Å². The Kier molecular flexibility index (Phi) is 2.60. The summed E-state index contributed by atoms with van der Waals surface area (Å²) < 4.78 is 5.88. The van der Waals surface area contributed by atoms with Crippen LogP contribution in [0.4, 0.5) is 0 Å². The molecule has 0 saturated heterocycles. The maximum atomic E-state index is 10.2. The van der Waals surface area contributed by atoms with Gasteiger partial charge in [-0.2, -0.15) is 0 Å². The van der Waals surface area contributed by atoms with Crippen molar-refractivity contribution in [2.24, 2.45) is 0 Å². The number of hydrogen-bond donors (Lipinski definition) is 2. The Morgan fingerprint density at radius 3 is 2.86 bits per heavy atom. The molecule has 3 aliphatic rings. The van der Waals surface area contributed by atoms with Gasteiger partial charge >= 0.3 is 0 Å². The molecule has 0 radical (unpaired) electrons. The molecule has 0 fully saturated rings. The second-order valence-electron chi connectivity index (χ2n) is 6.05. The van der Waals surface area contributed by atoms with Crippen molar-refractivity contribution >= 4 is 0 Å². The molecule has 4 rings (SSSR count). The monoisotopic (exact) mass is 285 g/mol. The van der Waals surface area contributed by atoms with E-state index in [0.717, 1.165) is 18.5 Å². The van der Waals surface area contributed by atoms with Gasteiger partial charge in [0.25, 0.3) is 0 Å². The van der Waals surface area contributed by atoms with E-state index in [-0.39, 0.29) is 23.5 Å². The van der Waals surface area contributed by atoms with E-state index in [1.54, 1.807) is 12.1 Å². The summed E-state index contributed by atoms with van der Waals surface area (Å²) >= 11 is 0. The summed E-state index contributed by atoms with van der Waals surface area (Å²) in [6, 6.07) is 4.01. The average Bonchev–Trinajstić information content (AvgIpc) is 2.91. The quantitative estimate of drug-likeness (QED) is 0.876. The van der Waals surface area contributed by atoms with Gasteiger partial charge < -0.3 is 14.9 Å². The van der Waals surface area contributed by atoms with E-state index in [2.05, 4.69) is 18.9 Å². The van der Waals surface area contributed by atoms with Gasteiger partial charge in [0.1, 0.15) is 5.76 Å². The highest BCUT2D eigenvalue weighted by molar-refractivity contribution is 5.62. The molecule has 21 heavy (non-hydrogen) atoms. The number of hydrogen-bond acceptors (Lipinski definition) is 4. The van der Waals surface area contributed by atoms with Crippen LogP contribution in [-0.2, 0) is 6.42 Å². The van der Waals surface area contributed by atoms with Crippen molar-refractivity contribution in [3.05, 3.63) is 46.7 Å². The molecule has 2 N–H and O–H groups in total. The topological polar surface area (TPSA) is 52.9 Å². The van der Waals surface area contributed by atoms with Crippen molar-refractivity contribution in [3.63, 3.8) is 0 Å². The third-order valence-corrected chi connectivity index (χ3v) is 5.05. The molecular formula is C17H19NO3. The molecular weight excluding hydrogens is 266 g/mol. The number of aliphatic hydroxyl groups excluding tert-OH is 1. The summed E-state index contributed by atoms with van der Waals surface area (Å²) in [6.07, 6.45) is 4.29. The summed E-state index contributed by atoms with van der Waals surface area (Å²) in [7, 11) is 2.13. The lowest BCUT2D eigenvalue weighted by atomic mass is 9.72. The Hall–Kier alpha value is -1.94. The standard InChI is InChI=1S/C17H19NO3/c1-3-18(2)11-8-9-4-6-12(19)16-14(9)15-10(11)5-7-13(20)17(15)21-16/h4-7,11,15,17,19-20H,3,8H2,1-2H3. The van der Waals surface area contributed by atoms with Gasteiger partial charge in [0.05, 0.1) is 5.92 Å². The zero-order valence-corrected chi connectivity index (χ0v) is 12.2. The normalized spacial score (nSPS) is 28.8. The molecule has 0 amide bonds. The molecule has 3 unspecified atom stereocenters. The Balaban J connectivity index is 1.93.